The van der Waals surface area contributed by atoms with Gasteiger partial charge in [0, 0.05) is 77.3 Å². The Hall–Kier alpha value is -2.73. The van der Waals surface area contributed by atoms with E-state index in [0.717, 1.165) is 41.5 Å². The summed E-state index contributed by atoms with van der Waals surface area (Å²) in [6.45, 7) is 14.8. The van der Waals surface area contributed by atoms with Crippen LogP contribution in [0.2, 0.25) is 0 Å². The molecule has 19 nitrogen and oxygen atoms in total. The van der Waals surface area contributed by atoms with Gasteiger partial charge in [0.25, 0.3) is 13.7 Å². The van der Waals surface area contributed by atoms with Gasteiger partial charge in [0.1, 0.15) is 0 Å². The molecule has 0 bridgehead atoms. The van der Waals surface area contributed by atoms with E-state index in [9.17, 15) is 43.0 Å². The van der Waals surface area contributed by atoms with E-state index in [1.54, 1.807) is 16.7 Å². The summed E-state index contributed by atoms with van der Waals surface area (Å²) in [7, 11) is -0.117. The Morgan fingerprint density at radius 1 is 0.731 bits per heavy atom. The molecule has 78 heavy (non-hydrogen) atoms. The van der Waals surface area contributed by atoms with Crippen LogP contribution in [0.25, 0.3) is 0 Å². The molecule has 440 valence electrons. The van der Waals surface area contributed by atoms with E-state index in [-0.39, 0.29) is 109 Å². The third-order valence-electron chi connectivity index (χ3n) is 12.7. The van der Waals surface area contributed by atoms with Crippen molar-refractivity contribution in [1.82, 2.24) is 40.4 Å². The average Bonchev–Trinajstić information content (AvgIpc) is 4.10. The summed E-state index contributed by atoms with van der Waals surface area (Å²) in [5.41, 5.74) is 4.13. The van der Waals surface area contributed by atoms with E-state index < -0.39 is 122 Å². The van der Waals surface area contributed by atoms with Gasteiger partial charge in [-0.05, 0) is 66.6 Å². The molecule has 5 rings (SSSR count). The van der Waals surface area contributed by atoms with Gasteiger partial charge in [0.15, 0.2) is 0 Å². The van der Waals surface area contributed by atoms with Crippen molar-refractivity contribution in [3.8, 4) is 0 Å². The molecule has 3 aromatic rings. The smallest absolute Gasteiger partial charge is 0.268 e. The molecule has 7 amide bonds. The molecule has 1 fully saturated rings. The summed E-state index contributed by atoms with van der Waals surface area (Å²) >= 11 is -2.17. The van der Waals surface area contributed by atoms with Crippen LogP contribution in [0.1, 0.15) is 84.6 Å². The van der Waals surface area contributed by atoms with Crippen molar-refractivity contribution in [3.05, 3.63) is 121 Å². The molecular weight excluding hydrogens is 1340 g/mol. The standard InChI is InChI=1S/C52H71N8O11P.2CH5P.2Gd.4H/c1-5-7-15-41-20-22-43(23-21-41)52(67)60(38-42-16-9-8-10-17-42)51-45-19-12-11-18-44(45)34-46(51)71-72(68,69)70-33-14-13-24-56-25-27-57(48(64)35-53-39(3)61)29-31-59(49(65)36-54-40(4)62)32-30-58(28-26-56)50(66)37-55-47(63)6-2;2*1-2;;;;;;/h8-12,16-23,46,51H,3-7,13-15,24-38H2,1-2H3,(H,53,61)(H,54,62)(H,55,63)(H,68,69);2*2H2,1H3;;;;;;/q-2;;;;;;;;/p-1/i;;;;;2*1+2;2*1+1. The van der Waals surface area contributed by atoms with E-state index in [2.05, 4.69) is 55.2 Å². The molecule has 0 spiro atoms. The quantitative estimate of drug-likeness (QED) is 0.0750. The van der Waals surface area contributed by atoms with E-state index >= 15 is 0 Å². The van der Waals surface area contributed by atoms with Crippen LogP contribution in [-0.2, 0) is 61.8 Å². The molecule has 2 aliphatic rings. The zero-order valence-corrected chi connectivity index (χ0v) is 53.2. The van der Waals surface area contributed by atoms with Crippen molar-refractivity contribution in [2.24, 2.45) is 0 Å². The van der Waals surface area contributed by atoms with Crippen LogP contribution in [0.4, 0.5) is 0 Å². The predicted octanol–water partition coefficient (Wildman–Crippen LogP) is 2.76. The average molecular weight is 1430 g/mol. The fraction of sp³-hybridized carbons (Fsp3) is 0.500. The second-order valence-electron chi connectivity index (χ2n) is 17.9. The maximum Gasteiger partial charge on any atom is 0.268 e. The van der Waals surface area contributed by atoms with Crippen LogP contribution >= 0.6 is 26.3 Å². The minimum absolute atomic E-state index is 0.0429. The summed E-state index contributed by atoms with van der Waals surface area (Å²) in [5.74, 6) is -3.10. The Morgan fingerprint density at radius 2 is 1.23 bits per heavy atom. The molecule has 1 aliphatic carbocycles. The van der Waals surface area contributed by atoms with Crippen LogP contribution < -0.4 is 20.8 Å². The fourth-order valence-electron chi connectivity index (χ4n) is 8.66. The summed E-state index contributed by atoms with van der Waals surface area (Å²) in [6.07, 6.45) is 3.16. The van der Waals surface area contributed by atoms with Gasteiger partial charge in [-0.3, -0.25) is 33.4 Å². The van der Waals surface area contributed by atoms with Crippen molar-refractivity contribution >= 4 is 67.7 Å². The number of hydrogen-bond acceptors (Lipinski definition) is 12. The Kier molecular flexibility index (Phi) is 34.3. The first-order valence-electron chi connectivity index (χ1n) is 27.3. The molecule has 24 heteroatoms. The molecule has 1 heterocycles. The number of nitrogens with one attached hydrogen (secondary N) is 3. The monoisotopic (exact) mass is 1440 g/mol. The molecule has 0 radical (unpaired) electrons. The summed E-state index contributed by atoms with van der Waals surface area (Å²) < 4.78 is 49.2. The number of rotatable bonds is 22. The second-order valence-corrected chi connectivity index (χ2v) is 19.2. The summed E-state index contributed by atoms with van der Waals surface area (Å²) in [5, 5.41) is 7.41. The minimum Gasteiger partial charge on any atom is -0.756 e. The van der Waals surface area contributed by atoms with Crippen molar-refractivity contribution in [2.45, 2.75) is 77.5 Å². The van der Waals surface area contributed by atoms with Crippen molar-refractivity contribution in [2.75, 3.05) is 98.5 Å². The van der Waals surface area contributed by atoms with E-state index in [1.807, 2.05) is 97.1 Å². The molecule has 5 unspecified atom stereocenters. The molecule has 1 saturated heterocycles. The molecule has 0 aromatic heterocycles. The fourth-order valence-corrected chi connectivity index (χ4v) is 9.59. The van der Waals surface area contributed by atoms with Crippen LogP contribution in [0.3, 0.4) is 0 Å². The molecular formula is C54H84Gd2N8O11P3-3. The van der Waals surface area contributed by atoms with E-state index in [4.69, 9.17) is 7.73 Å². The zero-order valence-electron chi connectivity index (χ0n) is 49.5. The van der Waals surface area contributed by atoms with Gasteiger partial charge in [0.2, 0.25) is 23.6 Å². The number of phosphoric ester groups is 1. The number of fused-ring (bicyclic) bond motifs is 1. The largest absolute Gasteiger partial charge is 0.756 e. The first kappa shape index (κ1) is 66.1. The van der Waals surface area contributed by atoms with E-state index in [1.165, 1.54) is 9.80 Å². The van der Waals surface area contributed by atoms with Crippen LogP contribution in [0, 0.1) is 92.4 Å². The first-order chi connectivity index (χ1) is 39.4. The van der Waals surface area contributed by atoms with Gasteiger partial charge in [-0.15, -0.1) is 18.5 Å². The number of nitrogens with zero attached hydrogens (tertiary/aromatic N) is 5. The molecule has 3 aromatic carbocycles. The van der Waals surface area contributed by atoms with Gasteiger partial charge in [0.05, 0.1) is 50.2 Å². The third kappa shape index (κ3) is 26.0. The minimum atomic E-state index is -4.95. The zero-order chi connectivity index (χ0) is 61.5. The van der Waals surface area contributed by atoms with Crippen LogP contribution in [-0.4, -0.2) is 169 Å². The maximum absolute atomic E-state index is 14.6. The van der Waals surface area contributed by atoms with Gasteiger partial charge < -0.3 is 72.9 Å². The Bertz CT molecular complexity index is 2420. The van der Waals surface area contributed by atoms with Crippen LogP contribution in [0.5, 0.6) is 0 Å². The van der Waals surface area contributed by atoms with Gasteiger partial charge in [-0.25, -0.2) is 0 Å². The summed E-state index contributed by atoms with van der Waals surface area (Å²) in [4.78, 5) is 112. The summed E-state index contributed by atoms with van der Waals surface area (Å²) in [6, 6.07) is 23.9. The van der Waals surface area contributed by atoms with Crippen molar-refractivity contribution < 1.29 is 131 Å². The Balaban J connectivity index is 0.00000315. The maximum atomic E-state index is 14.6. The second kappa shape index (κ2) is 40.5. The molecule has 3 N–H and O–H groups in total. The predicted molar refractivity (Wildman–Crippen MR) is 305 cm³/mol. The first-order valence-corrected chi connectivity index (χ1v) is 29.7. The van der Waals surface area contributed by atoms with Gasteiger partial charge in [-0.1, -0.05) is 100 Å². The number of amides is 7. The van der Waals surface area contributed by atoms with Gasteiger partial charge in [-0.2, -0.15) is 0 Å². The Labute approximate surface area is 528 Å². The number of phosphoric acid groups is 1. The number of hydrogen-bond donors (Lipinski definition) is 3. The SMILES string of the molecule is CP.CP.[2H][Gd][3H].[2H][Gd][3H].[CH2-]C(=O)NCC(=O)N1CCN(CCCCOP(=O)([O-])OC2Cc3ccccc3C2N(Cc2ccccc2)C(=O)c2ccc(CCCC)cc2)CCN(C(=O)CNC(=O)CC)CCN(C(=O)CNC([CH2-])=O)CC1. The number of benzene rings is 3. The molecule has 5 atom stereocenters. The number of unbranched alkanes of at least 4 members (excludes halogenated alkanes) is 2. The molecule has 1 aliphatic heterocycles. The van der Waals surface area contributed by atoms with Crippen LogP contribution in [0.15, 0.2) is 78.9 Å². The number of carbonyl (C=O) groups excluding carboxylic acids is 7. The van der Waals surface area contributed by atoms with Crippen molar-refractivity contribution in [3.63, 3.8) is 0 Å². The van der Waals surface area contributed by atoms with Crippen molar-refractivity contribution in [1.29, 1.82) is -1.31 Å². The number of carbonyl (C=O) groups is 7. The Morgan fingerprint density at radius 3 is 1.74 bits per heavy atom. The van der Waals surface area contributed by atoms with Gasteiger partial charge >= 0.3 is 77.3 Å². The molecule has 0 saturated carbocycles. The normalized spacial score (nSPS) is 16.8. The topological polar surface area (TPSA) is 230 Å². The number of aryl methyl sites for hydroxylation is 1. The third-order valence-corrected chi connectivity index (χ3v) is 13.7. The van der Waals surface area contributed by atoms with E-state index in [0.29, 0.717) is 31.6 Å².